The van der Waals surface area contributed by atoms with Gasteiger partial charge in [0.2, 0.25) is 11.8 Å². The highest BCUT2D eigenvalue weighted by Gasteiger charge is 2.19. The van der Waals surface area contributed by atoms with Gasteiger partial charge in [0.05, 0.1) is 12.5 Å². The SMILES string of the molecule is O=C(O)CC(NC(=O)CC(=O)NCCCc1ccc2c(n1)NCCC2)c1cccnc1. The molecule has 164 valence electrons. The largest absolute Gasteiger partial charge is 0.481 e. The van der Waals surface area contributed by atoms with Gasteiger partial charge < -0.3 is 21.1 Å². The van der Waals surface area contributed by atoms with Crippen LogP contribution in [0.5, 0.6) is 0 Å². The standard InChI is InChI=1S/C22H27N5O4/c28-19(13-20(29)27-18(12-21(30)31)16-5-1-9-23-14-16)24-10-3-6-17-8-7-15-4-2-11-25-22(15)26-17/h1,5,7-9,14,18H,2-4,6,10-13H2,(H,24,28)(H,25,26)(H,27,29)(H,30,31). The third-order valence-corrected chi connectivity index (χ3v) is 5.01. The second-order valence-electron chi connectivity index (χ2n) is 7.48. The summed E-state index contributed by atoms with van der Waals surface area (Å²) in [4.78, 5) is 43.9. The number of fused-ring (bicyclic) bond motifs is 1. The molecule has 2 amide bonds. The Labute approximate surface area is 180 Å². The molecule has 0 radical (unpaired) electrons. The van der Waals surface area contributed by atoms with Crippen LogP contribution in [0.15, 0.2) is 36.7 Å². The highest BCUT2D eigenvalue weighted by molar-refractivity contribution is 5.97. The first kappa shape index (κ1) is 22.2. The van der Waals surface area contributed by atoms with E-state index in [0.29, 0.717) is 18.5 Å². The number of carbonyl (C=O) groups excluding carboxylic acids is 2. The smallest absolute Gasteiger partial charge is 0.305 e. The summed E-state index contributed by atoms with van der Waals surface area (Å²) < 4.78 is 0. The van der Waals surface area contributed by atoms with Gasteiger partial charge in [-0.15, -0.1) is 0 Å². The monoisotopic (exact) mass is 425 g/mol. The number of hydrogen-bond donors (Lipinski definition) is 4. The van der Waals surface area contributed by atoms with E-state index in [0.717, 1.165) is 37.3 Å². The molecule has 0 spiro atoms. The van der Waals surface area contributed by atoms with Crippen LogP contribution in [-0.2, 0) is 27.2 Å². The van der Waals surface area contributed by atoms with Crippen LogP contribution in [0.4, 0.5) is 5.82 Å². The first-order chi connectivity index (χ1) is 15.0. The van der Waals surface area contributed by atoms with Crippen molar-refractivity contribution in [2.24, 2.45) is 0 Å². The van der Waals surface area contributed by atoms with Gasteiger partial charge in [0.25, 0.3) is 0 Å². The van der Waals surface area contributed by atoms with Crippen molar-refractivity contribution >= 4 is 23.6 Å². The molecule has 3 heterocycles. The molecule has 31 heavy (non-hydrogen) atoms. The van der Waals surface area contributed by atoms with Gasteiger partial charge in [-0.05, 0) is 48.9 Å². The Kier molecular flexibility index (Phi) is 7.91. The van der Waals surface area contributed by atoms with Crippen LogP contribution >= 0.6 is 0 Å². The molecule has 4 N–H and O–H groups in total. The molecule has 0 bridgehead atoms. The molecule has 1 aliphatic heterocycles. The number of nitrogens with zero attached hydrogens (tertiary/aromatic N) is 2. The van der Waals surface area contributed by atoms with E-state index in [4.69, 9.17) is 5.11 Å². The zero-order valence-electron chi connectivity index (χ0n) is 17.3. The molecule has 2 aromatic heterocycles. The number of carboxylic acids is 1. The maximum absolute atomic E-state index is 12.2. The zero-order chi connectivity index (χ0) is 22.1. The Morgan fingerprint density at radius 2 is 2.06 bits per heavy atom. The first-order valence-electron chi connectivity index (χ1n) is 10.4. The number of aryl methyl sites for hydroxylation is 2. The second kappa shape index (κ2) is 11.1. The zero-order valence-corrected chi connectivity index (χ0v) is 17.3. The lowest BCUT2D eigenvalue weighted by atomic mass is 10.1. The van der Waals surface area contributed by atoms with Gasteiger partial charge >= 0.3 is 5.97 Å². The van der Waals surface area contributed by atoms with Crippen LogP contribution in [0.25, 0.3) is 0 Å². The van der Waals surface area contributed by atoms with Gasteiger partial charge in [-0.2, -0.15) is 0 Å². The summed E-state index contributed by atoms with van der Waals surface area (Å²) in [5, 5.41) is 17.7. The fraction of sp³-hybridized carbons (Fsp3) is 0.409. The van der Waals surface area contributed by atoms with Gasteiger partial charge in [-0.3, -0.25) is 19.4 Å². The number of carboxylic acid groups (broad SMARTS) is 1. The number of hydrogen-bond acceptors (Lipinski definition) is 6. The quantitative estimate of drug-likeness (QED) is 0.336. The number of rotatable bonds is 10. The number of carbonyl (C=O) groups is 3. The number of aliphatic carboxylic acids is 1. The maximum Gasteiger partial charge on any atom is 0.305 e. The predicted octanol–water partition coefficient (Wildman–Crippen LogP) is 1.61. The minimum Gasteiger partial charge on any atom is -0.481 e. The Bertz CT molecular complexity index is 919. The van der Waals surface area contributed by atoms with E-state index in [2.05, 4.69) is 32.0 Å². The van der Waals surface area contributed by atoms with Crippen molar-refractivity contribution in [1.82, 2.24) is 20.6 Å². The van der Waals surface area contributed by atoms with E-state index < -0.39 is 23.8 Å². The summed E-state index contributed by atoms with van der Waals surface area (Å²) in [5.74, 6) is -1.04. The molecule has 9 heteroatoms. The Morgan fingerprint density at radius 3 is 2.84 bits per heavy atom. The normalized spacial score (nSPS) is 13.4. The van der Waals surface area contributed by atoms with E-state index in [1.165, 1.54) is 11.8 Å². The minimum absolute atomic E-state index is 0.290. The molecule has 2 aromatic rings. The number of nitrogens with one attached hydrogen (secondary N) is 3. The van der Waals surface area contributed by atoms with Gasteiger partial charge in [0, 0.05) is 31.2 Å². The number of aromatic nitrogens is 2. The average molecular weight is 425 g/mol. The number of amides is 2. The first-order valence-corrected chi connectivity index (χ1v) is 10.4. The highest BCUT2D eigenvalue weighted by Crippen LogP contribution is 2.20. The van der Waals surface area contributed by atoms with Crippen molar-refractivity contribution in [3.8, 4) is 0 Å². The summed E-state index contributed by atoms with van der Waals surface area (Å²) >= 11 is 0. The van der Waals surface area contributed by atoms with Crippen molar-refractivity contribution in [1.29, 1.82) is 0 Å². The summed E-state index contributed by atoms with van der Waals surface area (Å²) in [6.07, 6.45) is 6.00. The third-order valence-electron chi connectivity index (χ3n) is 5.01. The molecule has 0 aliphatic carbocycles. The maximum atomic E-state index is 12.2. The molecule has 0 aromatic carbocycles. The van der Waals surface area contributed by atoms with Gasteiger partial charge in [0.1, 0.15) is 12.2 Å². The van der Waals surface area contributed by atoms with Crippen LogP contribution in [0.3, 0.4) is 0 Å². The lowest BCUT2D eigenvalue weighted by Crippen LogP contribution is -2.35. The van der Waals surface area contributed by atoms with E-state index in [1.54, 1.807) is 18.3 Å². The fourth-order valence-corrected chi connectivity index (χ4v) is 3.47. The van der Waals surface area contributed by atoms with Crippen LogP contribution < -0.4 is 16.0 Å². The van der Waals surface area contributed by atoms with E-state index >= 15 is 0 Å². The Balaban J connectivity index is 1.40. The van der Waals surface area contributed by atoms with Crippen molar-refractivity contribution in [3.63, 3.8) is 0 Å². The summed E-state index contributed by atoms with van der Waals surface area (Å²) in [6.45, 7) is 1.37. The lowest BCUT2D eigenvalue weighted by molar-refractivity contribution is -0.137. The van der Waals surface area contributed by atoms with Crippen LogP contribution in [0, 0.1) is 0 Å². The molecular weight excluding hydrogens is 398 g/mol. The van der Waals surface area contributed by atoms with Crippen molar-refractivity contribution in [2.45, 2.75) is 44.6 Å². The Hall–Kier alpha value is -3.49. The van der Waals surface area contributed by atoms with E-state index in [9.17, 15) is 14.4 Å². The number of anilines is 1. The summed E-state index contributed by atoms with van der Waals surface area (Å²) in [7, 11) is 0. The van der Waals surface area contributed by atoms with Crippen molar-refractivity contribution < 1.29 is 19.5 Å². The van der Waals surface area contributed by atoms with Crippen molar-refractivity contribution in [3.05, 3.63) is 53.5 Å². The summed E-state index contributed by atoms with van der Waals surface area (Å²) in [5.41, 5.74) is 2.78. The minimum atomic E-state index is -1.05. The predicted molar refractivity (Wildman–Crippen MR) is 114 cm³/mol. The molecule has 1 aliphatic rings. The highest BCUT2D eigenvalue weighted by atomic mass is 16.4. The van der Waals surface area contributed by atoms with Crippen LogP contribution in [0.2, 0.25) is 0 Å². The van der Waals surface area contributed by atoms with Crippen molar-refractivity contribution in [2.75, 3.05) is 18.4 Å². The lowest BCUT2D eigenvalue weighted by Gasteiger charge is -2.17. The molecule has 0 saturated heterocycles. The molecule has 1 unspecified atom stereocenters. The van der Waals surface area contributed by atoms with Crippen LogP contribution in [0.1, 0.15) is 48.5 Å². The fourth-order valence-electron chi connectivity index (χ4n) is 3.47. The topological polar surface area (TPSA) is 133 Å². The molecular formula is C22H27N5O4. The molecule has 3 rings (SSSR count). The molecule has 9 nitrogen and oxygen atoms in total. The number of pyridine rings is 2. The van der Waals surface area contributed by atoms with Gasteiger partial charge in [0.15, 0.2) is 0 Å². The van der Waals surface area contributed by atoms with Crippen LogP contribution in [-0.4, -0.2) is 45.9 Å². The van der Waals surface area contributed by atoms with E-state index in [-0.39, 0.29) is 12.8 Å². The molecule has 1 atom stereocenters. The van der Waals surface area contributed by atoms with E-state index in [1.807, 2.05) is 6.07 Å². The van der Waals surface area contributed by atoms with Gasteiger partial charge in [-0.1, -0.05) is 12.1 Å². The average Bonchev–Trinajstić information content (AvgIpc) is 2.76. The second-order valence-corrected chi connectivity index (χ2v) is 7.48. The Morgan fingerprint density at radius 1 is 1.19 bits per heavy atom. The van der Waals surface area contributed by atoms with Gasteiger partial charge in [-0.25, -0.2) is 4.98 Å². The molecule has 0 fully saturated rings. The summed E-state index contributed by atoms with van der Waals surface area (Å²) in [6, 6.07) is 6.72. The molecule has 0 saturated carbocycles. The third kappa shape index (κ3) is 7.06.